The fraction of sp³-hybridized carbons (Fsp3) is 0.200. The summed E-state index contributed by atoms with van der Waals surface area (Å²) in [6.07, 6.45) is 1.69. The smallest absolute Gasteiger partial charge is 0.138 e. The Labute approximate surface area is 71.0 Å². The van der Waals surface area contributed by atoms with Gasteiger partial charge in [-0.1, -0.05) is 18.2 Å². The number of nitrogens with two attached hydrogens (primary N) is 1. The van der Waals surface area contributed by atoms with Gasteiger partial charge >= 0.3 is 0 Å². The third-order valence-corrected chi connectivity index (χ3v) is 2.00. The lowest BCUT2D eigenvalue weighted by Gasteiger charge is -2.04. The third-order valence-electron chi connectivity index (χ3n) is 2.00. The lowest BCUT2D eigenvalue weighted by molar-refractivity contribution is 0.606. The minimum atomic E-state index is 0.0276. The standard InChI is InChI=1S/C10H11NO/c1-7(11)9-4-2-3-8-5-6-12-10(8)9/h2-7H,11H2,1H3. The summed E-state index contributed by atoms with van der Waals surface area (Å²) in [5.41, 5.74) is 7.76. The third kappa shape index (κ3) is 1.01. The summed E-state index contributed by atoms with van der Waals surface area (Å²) in [6.45, 7) is 1.96. The Morgan fingerprint density at radius 1 is 1.33 bits per heavy atom. The van der Waals surface area contributed by atoms with Gasteiger partial charge in [-0.15, -0.1) is 0 Å². The molecule has 0 aliphatic heterocycles. The first-order valence-electron chi connectivity index (χ1n) is 4.01. The number of hydrogen-bond donors (Lipinski definition) is 1. The first-order chi connectivity index (χ1) is 5.79. The molecule has 2 nitrogen and oxygen atoms in total. The average molecular weight is 161 g/mol. The Morgan fingerprint density at radius 3 is 2.92 bits per heavy atom. The maximum absolute atomic E-state index is 5.78. The topological polar surface area (TPSA) is 39.2 Å². The van der Waals surface area contributed by atoms with E-state index in [2.05, 4.69) is 0 Å². The molecule has 2 rings (SSSR count). The van der Waals surface area contributed by atoms with Crippen LogP contribution in [0.1, 0.15) is 18.5 Å². The molecule has 1 unspecified atom stereocenters. The fourth-order valence-corrected chi connectivity index (χ4v) is 1.37. The van der Waals surface area contributed by atoms with E-state index in [0.29, 0.717) is 0 Å². The molecule has 0 aliphatic rings. The van der Waals surface area contributed by atoms with Crippen molar-refractivity contribution in [2.24, 2.45) is 5.73 Å². The molecule has 62 valence electrons. The minimum absolute atomic E-state index is 0.0276. The van der Waals surface area contributed by atoms with Crippen LogP contribution >= 0.6 is 0 Å². The summed E-state index contributed by atoms with van der Waals surface area (Å²) >= 11 is 0. The van der Waals surface area contributed by atoms with E-state index in [0.717, 1.165) is 16.5 Å². The highest BCUT2D eigenvalue weighted by molar-refractivity contribution is 5.80. The van der Waals surface area contributed by atoms with Gasteiger partial charge in [0.25, 0.3) is 0 Å². The van der Waals surface area contributed by atoms with Crippen molar-refractivity contribution in [1.29, 1.82) is 0 Å². The molecule has 0 bridgehead atoms. The van der Waals surface area contributed by atoms with Crippen molar-refractivity contribution in [3.63, 3.8) is 0 Å². The Hall–Kier alpha value is -1.28. The molecule has 0 spiro atoms. The summed E-state index contributed by atoms with van der Waals surface area (Å²) in [5.74, 6) is 0. The second-order valence-corrected chi connectivity index (χ2v) is 2.97. The van der Waals surface area contributed by atoms with E-state index in [1.165, 1.54) is 0 Å². The lowest BCUT2D eigenvalue weighted by Crippen LogP contribution is -2.04. The van der Waals surface area contributed by atoms with Crippen LogP contribution in [0.3, 0.4) is 0 Å². The van der Waals surface area contributed by atoms with E-state index in [4.69, 9.17) is 10.2 Å². The molecule has 1 aromatic carbocycles. The first kappa shape index (κ1) is 7.37. The van der Waals surface area contributed by atoms with Gasteiger partial charge < -0.3 is 10.2 Å². The summed E-state index contributed by atoms with van der Waals surface area (Å²) < 4.78 is 5.33. The molecule has 0 radical (unpaired) electrons. The molecule has 1 aromatic heterocycles. The zero-order chi connectivity index (χ0) is 8.55. The molecule has 2 heteroatoms. The number of furan rings is 1. The number of hydrogen-bond acceptors (Lipinski definition) is 2. The molecule has 12 heavy (non-hydrogen) atoms. The van der Waals surface area contributed by atoms with Crippen molar-refractivity contribution in [3.05, 3.63) is 36.1 Å². The molecule has 0 fully saturated rings. The van der Waals surface area contributed by atoms with Gasteiger partial charge in [-0.05, 0) is 13.0 Å². The van der Waals surface area contributed by atoms with Gasteiger partial charge in [-0.25, -0.2) is 0 Å². The molecule has 0 amide bonds. The van der Waals surface area contributed by atoms with Gasteiger partial charge in [-0.3, -0.25) is 0 Å². The van der Waals surface area contributed by atoms with Gasteiger partial charge in [0.05, 0.1) is 6.26 Å². The number of fused-ring (bicyclic) bond motifs is 1. The van der Waals surface area contributed by atoms with Crippen LogP contribution < -0.4 is 5.73 Å². The van der Waals surface area contributed by atoms with Crippen molar-refractivity contribution < 1.29 is 4.42 Å². The van der Waals surface area contributed by atoms with E-state index in [1.54, 1.807) is 6.26 Å². The maximum atomic E-state index is 5.78. The largest absolute Gasteiger partial charge is 0.464 e. The zero-order valence-corrected chi connectivity index (χ0v) is 6.95. The van der Waals surface area contributed by atoms with Crippen LogP contribution in [0, 0.1) is 0 Å². The second-order valence-electron chi connectivity index (χ2n) is 2.97. The summed E-state index contributed by atoms with van der Waals surface area (Å²) in [7, 11) is 0. The molecule has 0 aliphatic carbocycles. The molecule has 0 saturated carbocycles. The monoisotopic (exact) mass is 161 g/mol. The van der Waals surface area contributed by atoms with Crippen LogP contribution in [0.15, 0.2) is 34.9 Å². The highest BCUT2D eigenvalue weighted by Crippen LogP contribution is 2.23. The van der Waals surface area contributed by atoms with Crippen LogP contribution in [0.5, 0.6) is 0 Å². The summed E-state index contributed by atoms with van der Waals surface area (Å²) in [6, 6.07) is 7.98. The van der Waals surface area contributed by atoms with Crippen molar-refractivity contribution in [1.82, 2.24) is 0 Å². The van der Waals surface area contributed by atoms with Crippen molar-refractivity contribution in [2.75, 3.05) is 0 Å². The highest BCUT2D eigenvalue weighted by atomic mass is 16.3. The Bertz CT molecular complexity index is 389. The van der Waals surface area contributed by atoms with E-state index in [1.807, 2.05) is 31.2 Å². The van der Waals surface area contributed by atoms with Gasteiger partial charge in [0.1, 0.15) is 5.58 Å². The first-order valence-corrected chi connectivity index (χ1v) is 4.01. The van der Waals surface area contributed by atoms with E-state index in [-0.39, 0.29) is 6.04 Å². The molecule has 1 heterocycles. The van der Waals surface area contributed by atoms with Crippen LogP contribution in [-0.2, 0) is 0 Å². The Morgan fingerprint density at radius 2 is 2.17 bits per heavy atom. The summed E-state index contributed by atoms with van der Waals surface area (Å²) in [5, 5.41) is 1.12. The van der Waals surface area contributed by atoms with Crippen molar-refractivity contribution >= 4 is 11.0 Å². The van der Waals surface area contributed by atoms with Gasteiger partial charge in [0.15, 0.2) is 0 Å². The number of para-hydroxylation sites is 1. The molecular weight excluding hydrogens is 150 g/mol. The van der Waals surface area contributed by atoms with E-state index >= 15 is 0 Å². The molecule has 0 saturated heterocycles. The lowest BCUT2D eigenvalue weighted by atomic mass is 10.1. The van der Waals surface area contributed by atoms with E-state index in [9.17, 15) is 0 Å². The van der Waals surface area contributed by atoms with Gasteiger partial charge in [0.2, 0.25) is 0 Å². The normalized spacial score (nSPS) is 13.5. The number of rotatable bonds is 1. The molecular formula is C10H11NO. The van der Waals surface area contributed by atoms with E-state index < -0.39 is 0 Å². The summed E-state index contributed by atoms with van der Waals surface area (Å²) in [4.78, 5) is 0. The second kappa shape index (κ2) is 2.64. The highest BCUT2D eigenvalue weighted by Gasteiger charge is 2.06. The van der Waals surface area contributed by atoms with Crippen LogP contribution in [0.25, 0.3) is 11.0 Å². The van der Waals surface area contributed by atoms with Crippen molar-refractivity contribution in [2.45, 2.75) is 13.0 Å². The van der Waals surface area contributed by atoms with Crippen LogP contribution in [0.2, 0.25) is 0 Å². The molecule has 2 N–H and O–H groups in total. The van der Waals surface area contributed by atoms with Crippen molar-refractivity contribution in [3.8, 4) is 0 Å². The maximum Gasteiger partial charge on any atom is 0.138 e. The minimum Gasteiger partial charge on any atom is -0.464 e. The number of benzene rings is 1. The predicted octanol–water partition coefficient (Wildman–Crippen LogP) is 2.45. The molecule has 1 atom stereocenters. The Balaban J connectivity index is 2.73. The predicted molar refractivity (Wildman–Crippen MR) is 48.8 cm³/mol. The van der Waals surface area contributed by atoms with Crippen LogP contribution in [0.4, 0.5) is 0 Å². The average Bonchev–Trinajstić information content (AvgIpc) is 2.49. The SMILES string of the molecule is CC(N)c1cccc2ccoc12. The quantitative estimate of drug-likeness (QED) is 0.697. The fourth-order valence-electron chi connectivity index (χ4n) is 1.37. The van der Waals surface area contributed by atoms with Gasteiger partial charge in [-0.2, -0.15) is 0 Å². The zero-order valence-electron chi connectivity index (χ0n) is 6.95. The van der Waals surface area contributed by atoms with Gasteiger partial charge in [0, 0.05) is 17.0 Å². The molecule has 2 aromatic rings. The van der Waals surface area contributed by atoms with Crippen LogP contribution in [-0.4, -0.2) is 0 Å². The Kier molecular flexibility index (Phi) is 1.62.